The van der Waals surface area contributed by atoms with Gasteiger partial charge < -0.3 is 15.2 Å². The third-order valence-electron chi connectivity index (χ3n) is 4.18. The first-order chi connectivity index (χ1) is 11.7. The summed E-state index contributed by atoms with van der Waals surface area (Å²) in [5, 5.41) is 11.9. The Morgan fingerprint density at radius 3 is 2.83 bits per heavy atom. The lowest BCUT2D eigenvalue weighted by Gasteiger charge is -2.23. The number of urea groups is 1. The third-order valence-corrected chi connectivity index (χ3v) is 4.18. The molecule has 0 radical (unpaired) electrons. The number of hydrogen-bond donors (Lipinski definition) is 2. The summed E-state index contributed by atoms with van der Waals surface area (Å²) >= 11 is 0. The maximum Gasteiger partial charge on any atom is 0.322 e. The molecule has 2 N–H and O–H groups in total. The normalized spacial score (nSPS) is 15.9. The summed E-state index contributed by atoms with van der Waals surface area (Å²) in [5.41, 5.74) is 3.07. The minimum atomic E-state index is -0.107. The van der Waals surface area contributed by atoms with E-state index in [1.807, 2.05) is 47.4 Å². The number of hydrogen-bond acceptors (Lipinski definition) is 3. The molecule has 0 bridgehead atoms. The lowest BCUT2D eigenvalue weighted by Crippen LogP contribution is -2.43. The summed E-state index contributed by atoms with van der Waals surface area (Å²) in [5.74, 6) is 0.682. The number of benzene rings is 2. The Labute approximate surface area is 141 Å². The number of rotatable bonds is 5. The van der Waals surface area contributed by atoms with Crippen molar-refractivity contribution in [1.29, 1.82) is 0 Å². The molecule has 3 rings (SSSR count). The Kier molecular flexibility index (Phi) is 5.01. The molecule has 2 amide bonds. The zero-order valence-electron chi connectivity index (χ0n) is 13.7. The molecule has 0 aliphatic carbocycles. The first kappa shape index (κ1) is 16.3. The van der Waals surface area contributed by atoms with Gasteiger partial charge in [-0.1, -0.05) is 36.4 Å². The highest BCUT2D eigenvalue weighted by Gasteiger charge is 2.30. The molecule has 0 spiro atoms. The van der Waals surface area contributed by atoms with Gasteiger partial charge in [-0.25, -0.2) is 4.79 Å². The molecule has 1 atom stereocenters. The van der Waals surface area contributed by atoms with Crippen LogP contribution in [0.1, 0.15) is 18.1 Å². The van der Waals surface area contributed by atoms with Crippen molar-refractivity contribution in [2.75, 3.05) is 18.1 Å². The Balaban J connectivity index is 1.68. The molecule has 24 heavy (non-hydrogen) atoms. The van der Waals surface area contributed by atoms with Crippen molar-refractivity contribution in [2.24, 2.45) is 0 Å². The molecule has 0 aromatic heterocycles. The van der Waals surface area contributed by atoms with Gasteiger partial charge >= 0.3 is 6.03 Å². The van der Waals surface area contributed by atoms with Gasteiger partial charge in [0.05, 0.1) is 6.61 Å². The molecule has 1 aliphatic rings. The summed E-state index contributed by atoms with van der Waals surface area (Å²) in [6.45, 7) is 2.63. The third kappa shape index (κ3) is 3.36. The van der Waals surface area contributed by atoms with Gasteiger partial charge in [-0.05, 0) is 31.0 Å². The van der Waals surface area contributed by atoms with Crippen LogP contribution in [-0.4, -0.2) is 30.4 Å². The number of nitrogens with zero attached hydrogens (tertiary/aromatic N) is 1. The Morgan fingerprint density at radius 2 is 2.00 bits per heavy atom. The first-order valence-electron chi connectivity index (χ1n) is 8.17. The van der Waals surface area contributed by atoms with E-state index in [1.54, 1.807) is 0 Å². The van der Waals surface area contributed by atoms with Gasteiger partial charge in [-0.15, -0.1) is 0 Å². The maximum atomic E-state index is 12.7. The molecule has 2 aromatic carbocycles. The zero-order chi connectivity index (χ0) is 16.9. The molecule has 0 saturated heterocycles. The topological polar surface area (TPSA) is 61.8 Å². The number of ether oxygens (including phenoxy) is 1. The van der Waals surface area contributed by atoms with Gasteiger partial charge in [-0.2, -0.15) is 0 Å². The largest absolute Gasteiger partial charge is 0.491 e. The molecule has 0 fully saturated rings. The molecule has 126 valence electrons. The highest BCUT2D eigenvalue weighted by Crippen LogP contribution is 2.31. The van der Waals surface area contributed by atoms with Crippen molar-refractivity contribution in [2.45, 2.75) is 25.9 Å². The minimum absolute atomic E-state index is 0.0389. The van der Waals surface area contributed by atoms with Crippen LogP contribution in [0.2, 0.25) is 0 Å². The predicted octanol–water partition coefficient (Wildman–Crippen LogP) is 2.72. The van der Waals surface area contributed by atoms with Crippen LogP contribution in [0.25, 0.3) is 0 Å². The summed E-state index contributed by atoms with van der Waals surface area (Å²) in [7, 11) is 0. The lowest BCUT2D eigenvalue weighted by molar-refractivity contribution is 0.200. The number of aliphatic hydroxyl groups excluding tert-OH is 1. The van der Waals surface area contributed by atoms with Crippen LogP contribution in [-0.2, 0) is 13.0 Å². The monoisotopic (exact) mass is 326 g/mol. The molecule has 5 heteroatoms. The molecule has 1 heterocycles. The average Bonchev–Trinajstić information content (AvgIpc) is 2.94. The molecule has 1 unspecified atom stereocenters. The Bertz CT molecular complexity index is 717. The fourth-order valence-electron chi connectivity index (χ4n) is 3.08. The van der Waals surface area contributed by atoms with E-state index in [1.165, 1.54) is 5.56 Å². The predicted molar refractivity (Wildman–Crippen MR) is 93.3 cm³/mol. The van der Waals surface area contributed by atoms with Gasteiger partial charge in [0, 0.05) is 23.8 Å². The second-order valence-electron chi connectivity index (χ2n) is 5.89. The van der Waals surface area contributed by atoms with E-state index in [4.69, 9.17) is 9.84 Å². The number of fused-ring (bicyclic) bond motifs is 1. The molecule has 5 nitrogen and oxygen atoms in total. The summed E-state index contributed by atoms with van der Waals surface area (Å²) in [4.78, 5) is 14.5. The highest BCUT2D eigenvalue weighted by atomic mass is 16.5. The number of carbonyl (C=O) groups excluding carboxylic acids is 1. The summed E-state index contributed by atoms with van der Waals surface area (Å²) < 4.78 is 5.51. The van der Waals surface area contributed by atoms with E-state index in [0.29, 0.717) is 12.3 Å². The van der Waals surface area contributed by atoms with Gasteiger partial charge in [0.1, 0.15) is 12.4 Å². The smallest absolute Gasteiger partial charge is 0.322 e. The van der Waals surface area contributed by atoms with Gasteiger partial charge in [-0.3, -0.25) is 4.90 Å². The fourth-order valence-corrected chi connectivity index (χ4v) is 3.08. The molecule has 2 aromatic rings. The average molecular weight is 326 g/mol. The number of amides is 2. The van der Waals surface area contributed by atoms with Crippen LogP contribution >= 0.6 is 0 Å². The van der Waals surface area contributed by atoms with Crippen LogP contribution in [0.3, 0.4) is 0 Å². The number of anilines is 1. The fraction of sp³-hybridized carbons (Fsp3) is 0.316. The van der Waals surface area contributed by atoms with Gasteiger partial charge in [0.15, 0.2) is 0 Å². The van der Waals surface area contributed by atoms with Crippen LogP contribution in [0, 0.1) is 0 Å². The van der Waals surface area contributed by atoms with E-state index < -0.39 is 0 Å². The van der Waals surface area contributed by atoms with Crippen LogP contribution in [0.4, 0.5) is 10.5 Å². The second-order valence-corrected chi connectivity index (χ2v) is 5.89. The van der Waals surface area contributed by atoms with Gasteiger partial charge in [0.2, 0.25) is 0 Å². The van der Waals surface area contributed by atoms with E-state index in [-0.39, 0.29) is 25.3 Å². The number of aliphatic hydroxyl groups is 1. The van der Waals surface area contributed by atoms with Crippen molar-refractivity contribution < 1.29 is 14.6 Å². The van der Waals surface area contributed by atoms with Crippen LogP contribution in [0.5, 0.6) is 5.75 Å². The SMILES string of the molecule is CC1Cc2ccccc2N1C(=O)NCc1ccccc1OCCO. The maximum absolute atomic E-state index is 12.7. The van der Waals surface area contributed by atoms with Crippen LogP contribution in [0.15, 0.2) is 48.5 Å². The zero-order valence-corrected chi connectivity index (χ0v) is 13.7. The first-order valence-corrected chi connectivity index (χ1v) is 8.17. The lowest BCUT2D eigenvalue weighted by atomic mass is 10.1. The quantitative estimate of drug-likeness (QED) is 0.888. The van der Waals surface area contributed by atoms with Crippen LogP contribution < -0.4 is 15.0 Å². The number of para-hydroxylation sites is 2. The number of nitrogens with one attached hydrogen (secondary N) is 1. The molecule has 1 aliphatic heterocycles. The molecular formula is C19H22N2O3. The molecule has 0 saturated carbocycles. The van der Waals surface area contributed by atoms with E-state index in [2.05, 4.69) is 18.3 Å². The van der Waals surface area contributed by atoms with Crippen molar-refractivity contribution in [3.63, 3.8) is 0 Å². The minimum Gasteiger partial charge on any atom is -0.491 e. The Hall–Kier alpha value is -2.53. The standard InChI is InChI=1S/C19H22N2O3/c1-14-12-15-6-2-4-8-17(15)21(14)19(23)20-13-16-7-3-5-9-18(16)24-11-10-22/h2-9,14,22H,10-13H2,1H3,(H,20,23). The van der Waals surface area contributed by atoms with Crippen molar-refractivity contribution in [1.82, 2.24) is 5.32 Å². The van der Waals surface area contributed by atoms with Crippen molar-refractivity contribution >= 4 is 11.7 Å². The van der Waals surface area contributed by atoms with E-state index in [0.717, 1.165) is 17.7 Å². The van der Waals surface area contributed by atoms with Crippen molar-refractivity contribution in [3.05, 3.63) is 59.7 Å². The second kappa shape index (κ2) is 7.36. The number of carbonyl (C=O) groups is 1. The molecular weight excluding hydrogens is 304 g/mol. The summed E-state index contributed by atoms with van der Waals surface area (Å²) in [6.07, 6.45) is 0.875. The van der Waals surface area contributed by atoms with Gasteiger partial charge in [0.25, 0.3) is 0 Å². The summed E-state index contributed by atoms with van der Waals surface area (Å²) in [6, 6.07) is 15.6. The van der Waals surface area contributed by atoms with E-state index in [9.17, 15) is 4.79 Å². The van der Waals surface area contributed by atoms with E-state index >= 15 is 0 Å². The Morgan fingerprint density at radius 1 is 1.25 bits per heavy atom. The van der Waals surface area contributed by atoms with Crippen molar-refractivity contribution in [3.8, 4) is 5.75 Å². The highest BCUT2D eigenvalue weighted by molar-refractivity contribution is 5.94.